The van der Waals surface area contributed by atoms with Gasteiger partial charge in [0.1, 0.15) is 6.61 Å². The Balaban J connectivity index is 0.000000891. The molecule has 24 heavy (non-hydrogen) atoms. The zero-order chi connectivity index (χ0) is 17.9. The van der Waals surface area contributed by atoms with Crippen molar-refractivity contribution in [3.8, 4) is 5.75 Å². The lowest BCUT2D eigenvalue weighted by Crippen LogP contribution is -2.17. The maximum atomic E-state index is 12.3. The van der Waals surface area contributed by atoms with E-state index >= 15 is 0 Å². The Morgan fingerprint density at radius 3 is 2.38 bits per heavy atom. The van der Waals surface area contributed by atoms with Gasteiger partial charge in [0.15, 0.2) is 0 Å². The molecule has 1 aromatic carbocycles. The van der Waals surface area contributed by atoms with Gasteiger partial charge in [-0.05, 0) is 12.0 Å². The van der Waals surface area contributed by atoms with E-state index < -0.39 is 5.97 Å². The molecule has 1 heterocycles. The van der Waals surface area contributed by atoms with Gasteiger partial charge in [-0.25, -0.2) is 4.79 Å². The molecule has 0 fully saturated rings. The number of rotatable bonds is 5. The first-order valence-electron chi connectivity index (χ1n) is 6.98. The first-order chi connectivity index (χ1) is 11.6. The van der Waals surface area contributed by atoms with Crippen molar-refractivity contribution in [2.75, 3.05) is 7.11 Å². The number of ether oxygens (including phenoxy) is 2. The molecule has 0 aliphatic heterocycles. The largest absolute Gasteiger partial charge is 0.481 e. The predicted molar refractivity (Wildman–Crippen MR) is 81.5 cm³/mol. The van der Waals surface area contributed by atoms with Gasteiger partial charge in [0.25, 0.3) is 5.76 Å². The Morgan fingerprint density at radius 1 is 1.21 bits per heavy atom. The normalized spacial score (nSPS) is 9.25. The molecule has 0 bridgehead atoms. The molecule has 0 spiro atoms. The monoisotopic (exact) mass is 332 g/mol. The number of methoxy groups -OCH3 is 1. The minimum atomic E-state index is -0.738. The van der Waals surface area contributed by atoms with Crippen molar-refractivity contribution in [1.82, 2.24) is 0 Å². The minimum absolute atomic E-state index is 0.106. The number of carbonyl (C=O) groups excluding carboxylic acids is 3. The molecule has 0 atom stereocenters. The summed E-state index contributed by atoms with van der Waals surface area (Å²) in [5, 5.41) is 0. The molecular weight excluding hydrogens is 316 g/mol. The predicted octanol–water partition coefficient (Wildman–Crippen LogP) is 1.98. The third kappa shape index (κ3) is 4.93. The summed E-state index contributed by atoms with van der Waals surface area (Å²) in [5.74, 6) is -1.06. The zero-order valence-electron chi connectivity index (χ0n) is 13.2. The molecule has 0 unspecified atom stereocenters. The van der Waals surface area contributed by atoms with E-state index in [1.54, 1.807) is 0 Å². The summed E-state index contributed by atoms with van der Waals surface area (Å²) < 4.78 is 15.3. The van der Waals surface area contributed by atoms with Crippen LogP contribution in [0.25, 0.3) is 0 Å². The lowest BCUT2D eigenvalue weighted by Gasteiger charge is -2.09. The quantitative estimate of drug-likeness (QED) is 0.772. The fourth-order valence-electron chi connectivity index (χ4n) is 1.82. The molecule has 126 valence electrons. The number of esters is 1. The van der Waals surface area contributed by atoms with E-state index in [1.807, 2.05) is 37.3 Å². The van der Waals surface area contributed by atoms with Crippen LogP contribution in [0.4, 0.5) is 0 Å². The lowest BCUT2D eigenvalue weighted by molar-refractivity contribution is -0.191. The summed E-state index contributed by atoms with van der Waals surface area (Å²) in [7, 11) is 1.22. The van der Waals surface area contributed by atoms with Crippen LogP contribution in [-0.4, -0.2) is 19.2 Å². The average Bonchev–Trinajstić information content (AvgIpc) is 2.61. The van der Waals surface area contributed by atoms with E-state index in [2.05, 4.69) is 4.74 Å². The van der Waals surface area contributed by atoms with Gasteiger partial charge >= 0.3 is 12.1 Å². The van der Waals surface area contributed by atoms with Gasteiger partial charge in [0, 0.05) is 5.56 Å². The van der Waals surface area contributed by atoms with Crippen LogP contribution in [0.1, 0.15) is 28.6 Å². The molecular formula is C17H16O7. The van der Waals surface area contributed by atoms with Crippen molar-refractivity contribution >= 4 is 12.1 Å². The van der Waals surface area contributed by atoms with Gasteiger partial charge in [0.05, 0.1) is 13.4 Å². The molecule has 0 saturated carbocycles. The van der Waals surface area contributed by atoms with E-state index in [0.29, 0.717) is 12.0 Å². The highest BCUT2D eigenvalue weighted by molar-refractivity contribution is 5.89. The highest BCUT2D eigenvalue weighted by Crippen LogP contribution is 2.17. The van der Waals surface area contributed by atoms with E-state index in [1.165, 1.54) is 13.4 Å². The van der Waals surface area contributed by atoms with Gasteiger partial charge in [-0.1, -0.05) is 37.3 Å². The highest BCUT2D eigenvalue weighted by atomic mass is 16.5. The Bertz CT molecular complexity index is 756. The zero-order valence-corrected chi connectivity index (χ0v) is 13.2. The van der Waals surface area contributed by atoms with Crippen molar-refractivity contribution in [2.24, 2.45) is 0 Å². The topological polar surface area (TPSA) is 99.9 Å². The molecule has 0 aliphatic rings. The maximum absolute atomic E-state index is 12.3. The van der Waals surface area contributed by atoms with Crippen LogP contribution >= 0.6 is 0 Å². The fraction of sp³-hybridized carbons (Fsp3) is 0.235. The van der Waals surface area contributed by atoms with Crippen LogP contribution in [0.3, 0.4) is 0 Å². The van der Waals surface area contributed by atoms with E-state index in [9.17, 15) is 9.59 Å². The van der Waals surface area contributed by atoms with Gasteiger partial charge in [0.2, 0.25) is 11.2 Å². The Labute approximate surface area is 137 Å². The van der Waals surface area contributed by atoms with Crippen LogP contribution in [-0.2, 0) is 27.4 Å². The van der Waals surface area contributed by atoms with Crippen LogP contribution < -0.4 is 10.2 Å². The summed E-state index contributed by atoms with van der Waals surface area (Å²) in [5.41, 5.74) is 0.986. The SMILES string of the molecule is CCc1coc(C(=O)OC)c(OCc2ccccc2)c1=O.O=C=O. The summed E-state index contributed by atoms with van der Waals surface area (Å²) in [6, 6.07) is 9.34. The van der Waals surface area contributed by atoms with E-state index in [4.69, 9.17) is 18.7 Å². The standard InChI is InChI=1S/C16H16O5.CO2/c1-3-12-10-21-15(16(18)19-2)14(13(12)17)20-9-11-7-5-4-6-8-11;2-1-3/h4-8,10H,3,9H2,1-2H3;. The number of benzene rings is 1. The second-order valence-corrected chi connectivity index (χ2v) is 4.45. The van der Waals surface area contributed by atoms with Crippen LogP contribution in [0.2, 0.25) is 0 Å². The van der Waals surface area contributed by atoms with E-state index in [-0.39, 0.29) is 29.7 Å². The number of aryl methyl sites for hydroxylation is 1. The van der Waals surface area contributed by atoms with Gasteiger partial charge in [-0.15, -0.1) is 0 Å². The maximum Gasteiger partial charge on any atom is 0.378 e. The van der Waals surface area contributed by atoms with Crippen molar-refractivity contribution in [3.05, 3.63) is 63.7 Å². The van der Waals surface area contributed by atoms with E-state index in [0.717, 1.165) is 5.56 Å². The Morgan fingerprint density at radius 2 is 1.83 bits per heavy atom. The second-order valence-electron chi connectivity index (χ2n) is 4.45. The average molecular weight is 332 g/mol. The third-order valence-electron chi connectivity index (χ3n) is 3.00. The molecule has 7 nitrogen and oxygen atoms in total. The number of hydrogen-bond donors (Lipinski definition) is 0. The van der Waals surface area contributed by atoms with Crippen molar-refractivity contribution in [3.63, 3.8) is 0 Å². The van der Waals surface area contributed by atoms with Gasteiger partial charge < -0.3 is 13.9 Å². The van der Waals surface area contributed by atoms with Crippen molar-refractivity contribution in [2.45, 2.75) is 20.0 Å². The molecule has 7 heteroatoms. The number of carbonyl (C=O) groups is 1. The molecule has 0 N–H and O–H groups in total. The van der Waals surface area contributed by atoms with Crippen molar-refractivity contribution in [1.29, 1.82) is 0 Å². The Kier molecular flexibility index (Phi) is 7.67. The van der Waals surface area contributed by atoms with Gasteiger partial charge in [-0.2, -0.15) is 9.59 Å². The first kappa shape index (κ1) is 18.9. The smallest absolute Gasteiger partial charge is 0.378 e. The highest BCUT2D eigenvalue weighted by Gasteiger charge is 2.21. The number of hydrogen-bond acceptors (Lipinski definition) is 7. The molecule has 2 aromatic rings. The first-order valence-corrected chi connectivity index (χ1v) is 6.98. The Hall–Kier alpha value is -3.18. The third-order valence-corrected chi connectivity index (χ3v) is 3.00. The fourth-order valence-corrected chi connectivity index (χ4v) is 1.82. The summed E-state index contributed by atoms with van der Waals surface area (Å²) >= 11 is 0. The van der Waals surface area contributed by atoms with Crippen LogP contribution in [0, 0.1) is 0 Å². The molecule has 0 amide bonds. The summed E-state index contributed by atoms with van der Waals surface area (Å²) in [6.45, 7) is 1.99. The van der Waals surface area contributed by atoms with Crippen molar-refractivity contribution < 1.29 is 28.3 Å². The molecule has 0 radical (unpaired) electrons. The van der Waals surface area contributed by atoms with Crippen LogP contribution in [0.5, 0.6) is 5.75 Å². The van der Waals surface area contributed by atoms with Crippen LogP contribution in [0.15, 0.2) is 45.8 Å². The molecule has 1 aromatic heterocycles. The molecule has 0 saturated heterocycles. The lowest BCUT2D eigenvalue weighted by atomic mass is 10.2. The van der Waals surface area contributed by atoms with Gasteiger partial charge in [-0.3, -0.25) is 4.79 Å². The second kappa shape index (κ2) is 9.76. The summed E-state index contributed by atoms with van der Waals surface area (Å²) in [4.78, 5) is 40.2. The minimum Gasteiger partial charge on any atom is -0.481 e. The summed E-state index contributed by atoms with van der Waals surface area (Å²) in [6.07, 6.45) is 2.01. The molecule has 2 rings (SSSR count). The molecule has 0 aliphatic carbocycles.